The van der Waals surface area contributed by atoms with Crippen LogP contribution in [0.3, 0.4) is 0 Å². The minimum absolute atomic E-state index is 0.312. The molecule has 0 saturated heterocycles. The van der Waals surface area contributed by atoms with Crippen molar-refractivity contribution in [1.82, 2.24) is 9.38 Å². The molecule has 0 bridgehead atoms. The number of aryl methyl sites for hydroxylation is 1. The van der Waals surface area contributed by atoms with Crippen molar-refractivity contribution in [3.05, 3.63) is 54.0 Å². The second-order valence-electron chi connectivity index (χ2n) is 5.29. The zero-order valence-corrected chi connectivity index (χ0v) is 12.2. The van der Waals surface area contributed by atoms with Gasteiger partial charge in [0.15, 0.2) is 5.76 Å². The third-order valence-electron chi connectivity index (χ3n) is 3.72. The van der Waals surface area contributed by atoms with Gasteiger partial charge in [-0.15, -0.1) is 0 Å². The molecule has 4 rings (SSSR count). The van der Waals surface area contributed by atoms with Crippen LogP contribution in [0.15, 0.2) is 47.0 Å². The highest BCUT2D eigenvalue weighted by Gasteiger charge is 2.17. The topological polar surface area (TPSA) is 42.5 Å². The van der Waals surface area contributed by atoms with E-state index >= 15 is 0 Å². The van der Waals surface area contributed by atoms with Crippen LogP contribution in [0.2, 0.25) is 0 Å². The Morgan fingerprint density at radius 2 is 2.05 bits per heavy atom. The van der Waals surface area contributed by atoms with Gasteiger partial charge in [0.2, 0.25) is 0 Å². The van der Waals surface area contributed by atoms with Crippen LogP contribution in [0.5, 0.6) is 0 Å². The van der Waals surface area contributed by atoms with Gasteiger partial charge in [-0.25, -0.2) is 9.37 Å². The first-order chi connectivity index (χ1) is 10.7. The monoisotopic (exact) mass is 295 g/mol. The van der Waals surface area contributed by atoms with Crippen molar-refractivity contribution in [2.45, 2.75) is 6.92 Å². The van der Waals surface area contributed by atoms with E-state index in [1.807, 2.05) is 25.1 Å². The van der Waals surface area contributed by atoms with Crippen LogP contribution in [0.1, 0.15) is 5.56 Å². The number of hydrogen-bond donors (Lipinski definition) is 1. The van der Waals surface area contributed by atoms with Crippen molar-refractivity contribution in [3.8, 4) is 11.5 Å². The summed E-state index contributed by atoms with van der Waals surface area (Å²) in [5.74, 6) is 1.05. The second kappa shape index (κ2) is 4.59. The summed E-state index contributed by atoms with van der Waals surface area (Å²) in [7, 11) is 1.78. The Balaban J connectivity index is 1.98. The summed E-state index contributed by atoms with van der Waals surface area (Å²) >= 11 is 0. The molecule has 0 aliphatic rings. The minimum Gasteiger partial charge on any atom is -0.454 e. The van der Waals surface area contributed by atoms with Crippen molar-refractivity contribution < 1.29 is 8.81 Å². The van der Waals surface area contributed by atoms with E-state index in [1.165, 1.54) is 17.8 Å². The lowest BCUT2D eigenvalue weighted by atomic mass is 10.2. The number of benzene rings is 1. The molecule has 1 N–H and O–H groups in total. The molecule has 0 unspecified atom stereocenters. The van der Waals surface area contributed by atoms with Gasteiger partial charge in [-0.1, -0.05) is 11.6 Å². The summed E-state index contributed by atoms with van der Waals surface area (Å²) in [4.78, 5) is 4.55. The Morgan fingerprint density at radius 3 is 2.86 bits per heavy atom. The zero-order chi connectivity index (χ0) is 15.3. The van der Waals surface area contributed by atoms with Gasteiger partial charge in [-0.05, 0) is 37.3 Å². The quantitative estimate of drug-likeness (QED) is 0.601. The van der Waals surface area contributed by atoms with Gasteiger partial charge in [0, 0.05) is 18.6 Å². The molecule has 0 atom stereocenters. The molecular formula is C17H14FN3O. The molecule has 3 heterocycles. The maximum atomic E-state index is 13.5. The van der Waals surface area contributed by atoms with Crippen molar-refractivity contribution in [2.24, 2.45) is 0 Å². The Labute approximate surface area is 126 Å². The lowest BCUT2D eigenvalue weighted by Crippen LogP contribution is -1.96. The largest absolute Gasteiger partial charge is 0.454 e. The number of hydrogen-bond acceptors (Lipinski definition) is 3. The van der Waals surface area contributed by atoms with Gasteiger partial charge < -0.3 is 9.73 Å². The Hall–Kier alpha value is -2.82. The maximum absolute atomic E-state index is 13.5. The normalized spacial score (nSPS) is 11.4. The fraction of sp³-hybridized carbons (Fsp3) is 0.118. The Bertz CT molecular complexity index is 1000. The van der Waals surface area contributed by atoms with Gasteiger partial charge in [-0.2, -0.15) is 0 Å². The van der Waals surface area contributed by atoms with Crippen LogP contribution in [-0.4, -0.2) is 16.4 Å². The third-order valence-corrected chi connectivity index (χ3v) is 3.72. The van der Waals surface area contributed by atoms with Crippen molar-refractivity contribution in [1.29, 1.82) is 0 Å². The van der Waals surface area contributed by atoms with E-state index in [0.29, 0.717) is 22.9 Å². The highest BCUT2D eigenvalue weighted by Crippen LogP contribution is 2.33. The fourth-order valence-electron chi connectivity index (χ4n) is 2.71. The van der Waals surface area contributed by atoms with E-state index in [-0.39, 0.29) is 5.82 Å². The van der Waals surface area contributed by atoms with Crippen LogP contribution in [0.25, 0.3) is 28.1 Å². The Kier molecular flexibility index (Phi) is 2.69. The number of pyridine rings is 1. The molecule has 0 amide bonds. The van der Waals surface area contributed by atoms with E-state index < -0.39 is 0 Å². The summed E-state index contributed by atoms with van der Waals surface area (Å²) in [5, 5.41) is 4.10. The summed E-state index contributed by atoms with van der Waals surface area (Å²) in [6, 6.07) is 11.0. The van der Waals surface area contributed by atoms with Gasteiger partial charge in [0.1, 0.15) is 28.6 Å². The SMILES string of the molecule is CNc1c(-c2cc3cc(C)ccc3o2)nc2ccc(F)cn12. The van der Waals surface area contributed by atoms with Gasteiger partial charge in [0.05, 0.1) is 0 Å². The predicted octanol–water partition coefficient (Wildman–Crippen LogP) is 4.24. The number of imidazole rings is 1. The molecule has 4 aromatic rings. The van der Waals surface area contributed by atoms with Gasteiger partial charge in [-0.3, -0.25) is 4.40 Å². The minimum atomic E-state index is -0.312. The molecule has 0 aliphatic carbocycles. The van der Waals surface area contributed by atoms with Crippen molar-refractivity contribution in [2.75, 3.05) is 12.4 Å². The summed E-state index contributed by atoms with van der Waals surface area (Å²) < 4.78 is 21.1. The molecule has 0 spiro atoms. The van der Waals surface area contributed by atoms with Crippen LogP contribution < -0.4 is 5.32 Å². The van der Waals surface area contributed by atoms with E-state index in [0.717, 1.165) is 11.0 Å². The molecule has 4 nitrogen and oxygen atoms in total. The zero-order valence-electron chi connectivity index (χ0n) is 12.2. The molecule has 22 heavy (non-hydrogen) atoms. The van der Waals surface area contributed by atoms with Crippen molar-refractivity contribution >= 4 is 22.4 Å². The molecule has 1 aromatic carbocycles. The molecule has 0 fully saturated rings. The number of aromatic nitrogens is 2. The number of furan rings is 1. The first-order valence-electron chi connectivity index (χ1n) is 7.01. The number of halogens is 1. The lowest BCUT2D eigenvalue weighted by Gasteiger charge is -2.01. The van der Waals surface area contributed by atoms with E-state index in [1.54, 1.807) is 17.5 Å². The lowest BCUT2D eigenvalue weighted by molar-refractivity contribution is 0.619. The highest BCUT2D eigenvalue weighted by atomic mass is 19.1. The average molecular weight is 295 g/mol. The van der Waals surface area contributed by atoms with Crippen LogP contribution in [0, 0.1) is 12.7 Å². The highest BCUT2D eigenvalue weighted by molar-refractivity contribution is 5.85. The van der Waals surface area contributed by atoms with Crippen LogP contribution in [0.4, 0.5) is 10.2 Å². The molecular weight excluding hydrogens is 281 g/mol. The van der Waals surface area contributed by atoms with E-state index in [4.69, 9.17) is 4.42 Å². The van der Waals surface area contributed by atoms with Crippen LogP contribution in [-0.2, 0) is 0 Å². The molecule has 0 radical (unpaired) electrons. The molecule has 0 aliphatic heterocycles. The predicted molar refractivity (Wildman–Crippen MR) is 84.6 cm³/mol. The maximum Gasteiger partial charge on any atom is 0.157 e. The smallest absolute Gasteiger partial charge is 0.157 e. The molecule has 110 valence electrons. The second-order valence-corrected chi connectivity index (χ2v) is 5.29. The van der Waals surface area contributed by atoms with Crippen molar-refractivity contribution in [3.63, 3.8) is 0 Å². The molecule has 3 aromatic heterocycles. The average Bonchev–Trinajstić information content (AvgIpc) is 3.06. The molecule has 5 heteroatoms. The number of rotatable bonds is 2. The Morgan fingerprint density at radius 1 is 1.18 bits per heavy atom. The molecule has 0 saturated carbocycles. The first kappa shape index (κ1) is 12.9. The number of nitrogens with one attached hydrogen (secondary N) is 1. The van der Waals surface area contributed by atoms with E-state index in [2.05, 4.69) is 16.4 Å². The van der Waals surface area contributed by atoms with Gasteiger partial charge >= 0.3 is 0 Å². The van der Waals surface area contributed by atoms with Gasteiger partial charge in [0.25, 0.3) is 0 Å². The number of nitrogens with zero attached hydrogens (tertiary/aromatic N) is 2. The third kappa shape index (κ3) is 1.86. The summed E-state index contributed by atoms with van der Waals surface area (Å²) in [5.41, 5.74) is 3.32. The van der Waals surface area contributed by atoms with E-state index in [9.17, 15) is 4.39 Å². The standard InChI is InChI=1S/C17H14FN3O/c1-10-3-5-13-11(7-10)8-14(22-13)16-17(19-2)21-9-12(18)4-6-15(21)20-16/h3-9,19H,1-2H3. The number of anilines is 1. The summed E-state index contributed by atoms with van der Waals surface area (Å²) in [6.07, 6.45) is 1.41. The number of fused-ring (bicyclic) bond motifs is 2. The first-order valence-corrected chi connectivity index (χ1v) is 7.01. The summed E-state index contributed by atoms with van der Waals surface area (Å²) in [6.45, 7) is 2.04. The van der Waals surface area contributed by atoms with Crippen LogP contribution >= 0.6 is 0 Å². The fourth-order valence-corrected chi connectivity index (χ4v) is 2.71.